The van der Waals surface area contributed by atoms with E-state index in [0.29, 0.717) is 11.6 Å². The van der Waals surface area contributed by atoms with Crippen LogP contribution < -0.4 is 10.2 Å². The molecule has 27 heavy (non-hydrogen) atoms. The van der Waals surface area contributed by atoms with Gasteiger partial charge in [0.15, 0.2) is 0 Å². The molecule has 0 unspecified atom stereocenters. The normalized spacial score (nSPS) is 14.4. The summed E-state index contributed by atoms with van der Waals surface area (Å²) in [5, 5.41) is 4.81. The summed E-state index contributed by atoms with van der Waals surface area (Å²) in [5.74, 6) is 1.68. The highest BCUT2D eigenvalue weighted by molar-refractivity contribution is 6.33. The molecule has 0 atom stereocenters. The monoisotopic (exact) mass is 402 g/mol. The topological polar surface area (TPSA) is 37.6 Å². The lowest BCUT2D eigenvalue weighted by molar-refractivity contribution is 0.122. The van der Waals surface area contributed by atoms with Crippen LogP contribution in [0, 0.1) is 0 Å². The van der Waals surface area contributed by atoms with E-state index in [9.17, 15) is 0 Å². The Hall–Kier alpha value is -2.14. The molecule has 2 heterocycles. The van der Waals surface area contributed by atoms with Gasteiger partial charge in [-0.1, -0.05) is 23.2 Å². The maximum Gasteiger partial charge on any atom is 0.134 e. The van der Waals surface area contributed by atoms with Crippen LogP contribution in [0.5, 0.6) is 0 Å². The zero-order valence-electron chi connectivity index (χ0n) is 14.8. The Morgan fingerprint density at radius 2 is 1.70 bits per heavy atom. The second kappa shape index (κ2) is 8.26. The van der Waals surface area contributed by atoms with E-state index in [1.165, 1.54) is 0 Å². The molecule has 1 N–H and O–H groups in total. The van der Waals surface area contributed by atoms with Gasteiger partial charge in [-0.15, -0.1) is 0 Å². The number of nitrogens with one attached hydrogen (secondary N) is 1. The van der Waals surface area contributed by atoms with E-state index in [0.717, 1.165) is 59.8 Å². The predicted octanol–water partition coefficient (Wildman–Crippen LogP) is 5.70. The van der Waals surface area contributed by atoms with E-state index in [2.05, 4.69) is 16.3 Å². The van der Waals surface area contributed by atoms with Crippen molar-refractivity contribution in [2.24, 2.45) is 0 Å². The minimum absolute atomic E-state index is 0.584. The smallest absolute Gasteiger partial charge is 0.134 e. The molecule has 4 nitrogen and oxygen atoms in total. The van der Waals surface area contributed by atoms with Crippen LogP contribution in [0.1, 0.15) is 5.76 Å². The van der Waals surface area contributed by atoms with Crippen molar-refractivity contribution in [3.05, 3.63) is 70.4 Å². The minimum atomic E-state index is 0.584. The number of anilines is 2. The molecule has 0 bridgehead atoms. The first-order valence-corrected chi connectivity index (χ1v) is 9.65. The van der Waals surface area contributed by atoms with Gasteiger partial charge in [0.2, 0.25) is 0 Å². The largest absolute Gasteiger partial charge is 0.459 e. The fourth-order valence-corrected chi connectivity index (χ4v) is 3.54. The molecule has 0 amide bonds. The number of rotatable bonds is 5. The van der Waals surface area contributed by atoms with Crippen molar-refractivity contribution in [2.75, 3.05) is 36.5 Å². The van der Waals surface area contributed by atoms with E-state index in [4.69, 9.17) is 32.4 Å². The van der Waals surface area contributed by atoms with Gasteiger partial charge in [0.1, 0.15) is 11.5 Å². The van der Waals surface area contributed by atoms with Crippen molar-refractivity contribution in [1.29, 1.82) is 0 Å². The highest BCUT2D eigenvalue weighted by Gasteiger charge is 2.14. The minimum Gasteiger partial charge on any atom is -0.459 e. The Morgan fingerprint density at radius 3 is 2.44 bits per heavy atom. The van der Waals surface area contributed by atoms with Crippen molar-refractivity contribution < 1.29 is 9.15 Å². The number of nitrogens with zero attached hydrogens (tertiary/aromatic N) is 1. The molecule has 1 aliphatic heterocycles. The first-order chi connectivity index (χ1) is 13.2. The highest BCUT2D eigenvalue weighted by Crippen LogP contribution is 2.30. The summed E-state index contributed by atoms with van der Waals surface area (Å²) in [6, 6.07) is 17.6. The van der Waals surface area contributed by atoms with Gasteiger partial charge in [-0.05, 0) is 54.6 Å². The summed E-state index contributed by atoms with van der Waals surface area (Å²) >= 11 is 12.4. The van der Waals surface area contributed by atoms with Gasteiger partial charge in [-0.25, -0.2) is 0 Å². The summed E-state index contributed by atoms with van der Waals surface area (Å²) in [6.45, 7) is 3.80. The first kappa shape index (κ1) is 18.2. The van der Waals surface area contributed by atoms with Crippen LogP contribution in [-0.2, 0) is 11.3 Å². The Bertz CT molecular complexity index is 903. The quantitative estimate of drug-likeness (QED) is 0.593. The first-order valence-electron chi connectivity index (χ1n) is 8.90. The second-order valence-electron chi connectivity index (χ2n) is 6.39. The predicted molar refractivity (Wildman–Crippen MR) is 111 cm³/mol. The molecule has 1 aliphatic rings. The number of morpholine rings is 1. The summed E-state index contributed by atoms with van der Waals surface area (Å²) in [7, 11) is 0. The average Bonchev–Trinajstić information content (AvgIpc) is 3.17. The van der Waals surface area contributed by atoms with Crippen molar-refractivity contribution in [3.63, 3.8) is 0 Å². The lowest BCUT2D eigenvalue weighted by atomic mass is 10.2. The molecule has 6 heteroatoms. The molecule has 2 aromatic carbocycles. The van der Waals surface area contributed by atoms with Crippen LogP contribution >= 0.6 is 23.2 Å². The zero-order valence-corrected chi connectivity index (χ0v) is 16.3. The SMILES string of the molecule is Clc1ccc(-c2ccc(CNc3ccc(N4CCOCC4)c(Cl)c3)o2)cc1. The molecular formula is C21H20Cl2N2O2. The van der Waals surface area contributed by atoms with Gasteiger partial charge in [0.25, 0.3) is 0 Å². The molecule has 0 saturated carbocycles. The summed E-state index contributed by atoms with van der Waals surface area (Å²) in [5.41, 5.74) is 3.01. The molecule has 0 aliphatic carbocycles. The maximum absolute atomic E-state index is 6.48. The average molecular weight is 403 g/mol. The zero-order chi connectivity index (χ0) is 18.6. The molecule has 140 valence electrons. The Morgan fingerprint density at radius 1 is 0.926 bits per heavy atom. The number of ether oxygens (including phenoxy) is 1. The van der Waals surface area contributed by atoms with Crippen LogP contribution in [0.15, 0.2) is 59.0 Å². The van der Waals surface area contributed by atoms with E-state index in [1.54, 1.807) is 0 Å². The van der Waals surface area contributed by atoms with Crippen molar-refractivity contribution in [2.45, 2.75) is 6.54 Å². The third-order valence-corrected chi connectivity index (χ3v) is 5.11. The van der Waals surface area contributed by atoms with Crippen LogP contribution in [0.3, 0.4) is 0 Å². The fraction of sp³-hybridized carbons (Fsp3) is 0.238. The third kappa shape index (κ3) is 4.41. The number of furan rings is 1. The number of hydrogen-bond acceptors (Lipinski definition) is 4. The van der Waals surface area contributed by atoms with Gasteiger partial charge in [0.05, 0.1) is 30.5 Å². The lowest BCUT2D eigenvalue weighted by Gasteiger charge is -2.29. The molecule has 3 aromatic rings. The second-order valence-corrected chi connectivity index (χ2v) is 7.24. The van der Waals surface area contributed by atoms with Crippen molar-refractivity contribution in [1.82, 2.24) is 0 Å². The molecule has 1 fully saturated rings. The van der Waals surface area contributed by atoms with Gasteiger partial charge in [-0.2, -0.15) is 0 Å². The van der Waals surface area contributed by atoms with Gasteiger partial charge in [-0.3, -0.25) is 0 Å². The standard InChI is InChI=1S/C21H20Cl2N2O2/c22-16-3-1-15(2-4-16)21-8-6-18(27-21)14-24-17-5-7-20(19(23)13-17)25-9-11-26-12-10-25/h1-8,13,24H,9-12,14H2. The molecule has 1 saturated heterocycles. The number of hydrogen-bond donors (Lipinski definition) is 1. The highest BCUT2D eigenvalue weighted by atomic mass is 35.5. The summed E-state index contributed by atoms with van der Waals surface area (Å²) in [6.07, 6.45) is 0. The van der Waals surface area contributed by atoms with Crippen molar-refractivity contribution >= 4 is 34.6 Å². The van der Waals surface area contributed by atoms with Crippen LogP contribution in [-0.4, -0.2) is 26.3 Å². The lowest BCUT2D eigenvalue weighted by Crippen LogP contribution is -2.36. The van der Waals surface area contributed by atoms with Crippen LogP contribution in [0.2, 0.25) is 10.0 Å². The summed E-state index contributed by atoms with van der Waals surface area (Å²) < 4.78 is 11.3. The molecular weight excluding hydrogens is 383 g/mol. The van der Waals surface area contributed by atoms with E-state index in [-0.39, 0.29) is 0 Å². The van der Waals surface area contributed by atoms with E-state index >= 15 is 0 Å². The Kier molecular flexibility index (Phi) is 5.58. The van der Waals surface area contributed by atoms with Crippen molar-refractivity contribution in [3.8, 4) is 11.3 Å². The van der Waals surface area contributed by atoms with Gasteiger partial charge in [0, 0.05) is 29.4 Å². The van der Waals surface area contributed by atoms with Gasteiger partial charge < -0.3 is 19.4 Å². The maximum atomic E-state index is 6.48. The van der Waals surface area contributed by atoms with Gasteiger partial charge >= 0.3 is 0 Å². The Labute approximate surface area is 168 Å². The fourth-order valence-electron chi connectivity index (χ4n) is 3.11. The van der Waals surface area contributed by atoms with Crippen LogP contribution in [0.25, 0.3) is 11.3 Å². The van der Waals surface area contributed by atoms with Crippen LogP contribution in [0.4, 0.5) is 11.4 Å². The summed E-state index contributed by atoms with van der Waals surface area (Å²) in [4.78, 5) is 2.25. The molecule has 0 spiro atoms. The molecule has 4 rings (SSSR count). The number of benzene rings is 2. The van der Waals surface area contributed by atoms with E-state index in [1.807, 2.05) is 48.5 Å². The van der Waals surface area contributed by atoms with E-state index < -0.39 is 0 Å². The number of halogens is 2. The Balaban J connectivity index is 1.40. The third-order valence-electron chi connectivity index (χ3n) is 4.56. The molecule has 1 aromatic heterocycles. The molecule has 0 radical (unpaired) electrons.